The Bertz CT molecular complexity index is 906. The van der Waals surface area contributed by atoms with Crippen molar-refractivity contribution in [2.75, 3.05) is 24.3 Å². The Labute approximate surface area is 156 Å². The number of amides is 2. The van der Waals surface area contributed by atoms with E-state index in [9.17, 15) is 19.7 Å². The van der Waals surface area contributed by atoms with E-state index in [1.165, 1.54) is 18.2 Å². The number of nitro groups is 1. The number of benzene rings is 2. The molecule has 1 saturated carbocycles. The Morgan fingerprint density at radius 3 is 2.48 bits per heavy atom. The highest BCUT2D eigenvalue weighted by molar-refractivity contribution is 6.09. The molecular weight excluding hydrogens is 348 g/mol. The van der Waals surface area contributed by atoms with Crippen molar-refractivity contribution in [1.29, 1.82) is 0 Å². The molecule has 27 heavy (non-hydrogen) atoms. The minimum absolute atomic E-state index is 0.164. The second-order valence-electron chi connectivity index (χ2n) is 6.64. The molecule has 0 heterocycles. The zero-order chi connectivity index (χ0) is 19.6. The van der Waals surface area contributed by atoms with Crippen LogP contribution < -0.4 is 15.5 Å². The topological polar surface area (TPSA) is 105 Å². The molecule has 140 valence electrons. The molecule has 0 radical (unpaired) electrons. The Balaban J connectivity index is 1.83. The maximum atomic E-state index is 12.7. The SMILES string of the molecule is CN(C)c1ccc([N+](=O)[O-])cc1C(=O)Nc1cccc(C(=O)NC2CC2)c1. The zero-order valence-electron chi connectivity index (χ0n) is 15.1. The lowest BCUT2D eigenvalue weighted by molar-refractivity contribution is -0.384. The van der Waals surface area contributed by atoms with Gasteiger partial charge in [-0.05, 0) is 37.1 Å². The highest BCUT2D eigenvalue weighted by Crippen LogP contribution is 2.25. The second-order valence-corrected chi connectivity index (χ2v) is 6.64. The van der Waals surface area contributed by atoms with Crippen molar-refractivity contribution in [1.82, 2.24) is 5.32 Å². The number of rotatable bonds is 6. The van der Waals surface area contributed by atoms with Crippen LogP contribution in [0.25, 0.3) is 0 Å². The van der Waals surface area contributed by atoms with Gasteiger partial charge in [0.05, 0.1) is 10.5 Å². The Kier molecular flexibility index (Phi) is 5.07. The van der Waals surface area contributed by atoms with Crippen LogP contribution in [-0.2, 0) is 0 Å². The van der Waals surface area contributed by atoms with Crippen LogP contribution in [0.3, 0.4) is 0 Å². The molecule has 8 nitrogen and oxygen atoms in total. The van der Waals surface area contributed by atoms with Crippen LogP contribution in [0.4, 0.5) is 17.1 Å². The molecular formula is C19H20N4O4. The van der Waals surface area contributed by atoms with Crippen LogP contribution >= 0.6 is 0 Å². The van der Waals surface area contributed by atoms with Crippen LogP contribution in [0.1, 0.15) is 33.6 Å². The summed E-state index contributed by atoms with van der Waals surface area (Å²) in [7, 11) is 3.50. The number of hydrogen-bond donors (Lipinski definition) is 2. The summed E-state index contributed by atoms with van der Waals surface area (Å²) in [6.07, 6.45) is 1.98. The first-order valence-corrected chi connectivity index (χ1v) is 8.53. The third kappa shape index (κ3) is 4.41. The highest BCUT2D eigenvalue weighted by atomic mass is 16.6. The Hall–Kier alpha value is -3.42. The van der Waals surface area contributed by atoms with E-state index in [2.05, 4.69) is 10.6 Å². The molecule has 2 N–H and O–H groups in total. The van der Waals surface area contributed by atoms with E-state index in [0.29, 0.717) is 16.9 Å². The average Bonchev–Trinajstić information content (AvgIpc) is 3.45. The molecule has 8 heteroatoms. The van der Waals surface area contributed by atoms with Crippen LogP contribution in [-0.4, -0.2) is 36.9 Å². The fraction of sp³-hybridized carbons (Fsp3) is 0.263. The molecule has 1 aliphatic rings. The standard InChI is InChI=1S/C19H20N4O4/c1-22(2)17-9-8-15(23(26)27)11-16(17)19(25)21-14-5-3-4-12(10-14)18(24)20-13-6-7-13/h3-5,8-11,13H,6-7H2,1-2H3,(H,20,24)(H,21,25). The van der Waals surface area contributed by atoms with Crippen molar-refractivity contribution >= 4 is 28.9 Å². The quantitative estimate of drug-likeness (QED) is 0.603. The Morgan fingerprint density at radius 1 is 1.11 bits per heavy atom. The molecule has 2 aromatic rings. The summed E-state index contributed by atoms with van der Waals surface area (Å²) in [6.45, 7) is 0. The summed E-state index contributed by atoms with van der Waals surface area (Å²) in [5.74, 6) is -0.667. The van der Waals surface area contributed by atoms with Gasteiger partial charge in [0.1, 0.15) is 0 Å². The number of carbonyl (C=O) groups excluding carboxylic acids is 2. The van der Waals surface area contributed by atoms with E-state index in [4.69, 9.17) is 0 Å². The van der Waals surface area contributed by atoms with Gasteiger partial charge in [0.2, 0.25) is 0 Å². The zero-order valence-corrected chi connectivity index (χ0v) is 15.1. The van der Waals surface area contributed by atoms with E-state index < -0.39 is 10.8 Å². The minimum atomic E-state index is -0.543. The van der Waals surface area contributed by atoms with Gasteiger partial charge in [0.15, 0.2) is 0 Å². The first-order valence-electron chi connectivity index (χ1n) is 8.53. The summed E-state index contributed by atoms with van der Waals surface area (Å²) in [4.78, 5) is 37.1. The first-order chi connectivity index (χ1) is 12.8. The van der Waals surface area contributed by atoms with Crippen molar-refractivity contribution in [3.63, 3.8) is 0 Å². The van der Waals surface area contributed by atoms with Gasteiger partial charge in [0, 0.05) is 49.2 Å². The van der Waals surface area contributed by atoms with Crippen molar-refractivity contribution in [2.45, 2.75) is 18.9 Å². The largest absolute Gasteiger partial charge is 0.377 e. The maximum Gasteiger partial charge on any atom is 0.270 e. The van der Waals surface area contributed by atoms with Crippen LogP contribution in [0.15, 0.2) is 42.5 Å². The molecule has 0 spiro atoms. The van der Waals surface area contributed by atoms with Crippen molar-refractivity contribution in [3.8, 4) is 0 Å². The summed E-state index contributed by atoms with van der Waals surface area (Å²) in [6, 6.07) is 11.0. The highest BCUT2D eigenvalue weighted by Gasteiger charge is 2.24. The monoisotopic (exact) mass is 368 g/mol. The molecule has 0 aliphatic heterocycles. The lowest BCUT2D eigenvalue weighted by Crippen LogP contribution is -2.25. The number of nitrogens with zero attached hydrogens (tertiary/aromatic N) is 2. The van der Waals surface area contributed by atoms with Gasteiger partial charge in [-0.2, -0.15) is 0 Å². The van der Waals surface area contributed by atoms with Crippen LogP contribution in [0.2, 0.25) is 0 Å². The molecule has 2 amide bonds. The minimum Gasteiger partial charge on any atom is -0.377 e. The molecule has 3 rings (SSSR count). The van der Waals surface area contributed by atoms with Gasteiger partial charge >= 0.3 is 0 Å². The molecule has 1 fully saturated rings. The summed E-state index contributed by atoms with van der Waals surface area (Å²) >= 11 is 0. The van der Waals surface area contributed by atoms with Crippen molar-refractivity contribution in [2.24, 2.45) is 0 Å². The fourth-order valence-electron chi connectivity index (χ4n) is 2.64. The molecule has 0 bridgehead atoms. The van der Waals surface area contributed by atoms with E-state index in [1.54, 1.807) is 43.3 Å². The average molecular weight is 368 g/mol. The van der Waals surface area contributed by atoms with Crippen LogP contribution in [0.5, 0.6) is 0 Å². The molecule has 2 aromatic carbocycles. The number of carbonyl (C=O) groups is 2. The molecule has 1 aliphatic carbocycles. The maximum absolute atomic E-state index is 12.7. The van der Waals surface area contributed by atoms with Gasteiger partial charge in [-0.1, -0.05) is 6.07 Å². The second kappa shape index (κ2) is 7.45. The lowest BCUT2D eigenvalue weighted by atomic mass is 10.1. The number of nitro benzene ring substituents is 1. The number of hydrogen-bond acceptors (Lipinski definition) is 5. The van der Waals surface area contributed by atoms with Gasteiger partial charge in [-0.15, -0.1) is 0 Å². The molecule has 0 saturated heterocycles. The summed E-state index contributed by atoms with van der Waals surface area (Å²) < 4.78 is 0. The third-order valence-electron chi connectivity index (χ3n) is 4.21. The third-order valence-corrected chi connectivity index (χ3v) is 4.21. The fourth-order valence-corrected chi connectivity index (χ4v) is 2.64. The van der Waals surface area contributed by atoms with E-state index >= 15 is 0 Å². The summed E-state index contributed by atoms with van der Waals surface area (Å²) in [5, 5.41) is 16.7. The number of nitrogens with one attached hydrogen (secondary N) is 2. The molecule has 0 aromatic heterocycles. The molecule has 0 unspecified atom stereocenters. The predicted molar refractivity (Wildman–Crippen MR) is 102 cm³/mol. The van der Waals surface area contributed by atoms with Crippen molar-refractivity contribution < 1.29 is 14.5 Å². The van der Waals surface area contributed by atoms with Crippen LogP contribution in [0, 0.1) is 10.1 Å². The lowest BCUT2D eigenvalue weighted by Gasteiger charge is -2.17. The number of non-ortho nitro benzene ring substituents is 1. The van der Waals surface area contributed by atoms with E-state index in [0.717, 1.165) is 12.8 Å². The molecule has 0 atom stereocenters. The van der Waals surface area contributed by atoms with Crippen molar-refractivity contribution in [3.05, 3.63) is 63.7 Å². The predicted octanol–water partition coefficient (Wildman–Crippen LogP) is 2.81. The van der Waals surface area contributed by atoms with E-state index in [1.807, 2.05) is 0 Å². The smallest absolute Gasteiger partial charge is 0.270 e. The Morgan fingerprint density at radius 2 is 1.85 bits per heavy atom. The van der Waals surface area contributed by atoms with Gasteiger partial charge in [-0.25, -0.2) is 0 Å². The van der Waals surface area contributed by atoms with Gasteiger partial charge in [0.25, 0.3) is 17.5 Å². The van der Waals surface area contributed by atoms with E-state index in [-0.39, 0.29) is 23.2 Å². The van der Waals surface area contributed by atoms with Gasteiger partial charge in [-0.3, -0.25) is 19.7 Å². The number of anilines is 2. The van der Waals surface area contributed by atoms with Gasteiger partial charge < -0.3 is 15.5 Å². The summed E-state index contributed by atoms with van der Waals surface area (Å²) in [5.41, 5.74) is 1.47. The first kappa shape index (κ1) is 18.4. The normalized spacial score (nSPS) is 13.0.